The molecular formula is C10H22N4O. The first-order chi connectivity index (χ1) is 7.15. The highest BCUT2D eigenvalue weighted by atomic mass is 16.1. The van der Waals surface area contributed by atoms with E-state index in [1.54, 1.807) is 14.0 Å². The minimum atomic E-state index is -0.0246. The SMILES string of the molecule is CN=C(NC)NCCCC(NC)C(C)=O. The molecule has 0 aromatic rings. The number of guanidine groups is 1. The summed E-state index contributed by atoms with van der Waals surface area (Å²) in [5.41, 5.74) is 0. The van der Waals surface area contributed by atoms with E-state index in [-0.39, 0.29) is 11.8 Å². The Kier molecular flexibility index (Phi) is 7.62. The Morgan fingerprint density at radius 2 is 2.07 bits per heavy atom. The summed E-state index contributed by atoms with van der Waals surface area (Å²) in [5.74, 6) is 0.967. The van der Waals surface area contributed by atoms with Gasteiger partial charge in [0.25, 0.3) is 0 Å². The van der Waals surface area contributed by atoms with Crippen LogP contribution < -0.4 is 16.0 Å². The minimum Gasteiger partial charge on any atom is -0.359 e. The number of carbonyl (C=O) groups excluding carboxylic acids is 1. The maximum atomic E-state index is 11.1. The molecule has 0 spiro atoms. The molecule has 0 aliphatic rings. The summed E-state index contributed by atoms with van der Waals surface area (Å²) in [6.45, 7) is 2.43. The number of carbonyl (C=O) groups is 1. The lowest BCUT2D eigenvalue weighted by molar-refractivity contribution is -0.119. The Hall–Kier alpha value is -1.10. The Labute approximate surface area is 91.7 Å². The number of likely N-dealkylation sites (N-methyl/N-ethyl adjacent to an activating group) is 1. The molecular weight excluding hydrogens is 192 g/mol. The van der Waals surface area contributed by atoms with E-state index in [1.807, 2.05) is 14.1 Å². The van der Waals surface area contributed by atoms with Gasteiger partial charge in [-0.25, -0.2) is 0 Å². The third kappa shape index (κ3) is 6.06. The summed E-state index contributed by atoms with van der Waals surface area (Å²) >= 11 is 0. The van der Waals surface area contributed by atoms with Gasteiger partial charge in [-0.1, -0.05) is 0 Å². The molecule has 0 saturated carbocycles. The zero-order chi connectivity index (χ0) is 11.7. The van der Waals surface area contributed by atoms with Crippen molar-refractivity contribution in [1.82, 2.24) is 16.0 Å². The molecule has 0 aromatic carbocycles. The Morgan fingerprint density at radius 1 is 1.40 bits per heavy atom. The third-order valence-corrected chi connectivity index (χ3v) is 2.26. The third-order valence-electron chi connectivity index (χ3n) is 2.26. The Morgan fingerprint density at radius 3 is 2.47 bits per heavy atom. The van der Waals surface area contributed by atoms with E-state index < -0.39 is 0 Å². The quantitative estimate of drug-likeness (QED) is 0.324. The van der Waals surface area contributed by atoms with Crippen LogP contribution in [0.1, 0.15) is 19.8 Å². The molecule has 15 heavy (non-hydrogen) atoms. The van der Waals surface area contributed by atoms with Gasteiger partial charge >= 0.3 is 0 Å². The van der Waals surface area contributed by atoms with Gasteiger partial charge in [-0.05, 0) is 26.8 Å². The predicted molar refractivity (Wildman–Crippen MR) is 63.2 cm³/mol. The molecule has 88 valence electrons. The molecule has 5 nitrogen and oxygen atoms in total. The number of aliphatic imine (C=N–C) groups is 1. The van der Waals surface area contributed by atoms with Crippen LogP contribution in [0.3, 0.4) is 0 Å². The number of ketones is 1. The molecule has 5 heteroatoms. The largest absolute Gasteiger partial charge is 0.359 e. The smallest absolute Gasteiger partial charge is 0.190 e. The van der Waals surface area contributed by atoms with Gasteiger partial charge in [0, 0.05) is 20.6 Å². The van der Waals surface area contributed by atoms with Crippen LogP contribution in [-0.2, 0) is 4.79 Å². The summed E-state index contributed by atoms with van der Waals surface area (Å²) in [5, 5.41) is 9.06. The molecule has 0 saturated heterocycles. The van der Waals surface area contributed by atoms with E-state index in [2.05, 4.69) is 20.9 Å². The first kappa shape index (κ1) is 13.9. The lowest BCUT2D eigenvalue weighted by atomic mass is 10.1. The Bertz CT molecular complexity index is 215. The van der Waals surface area contributed by atoms with Crippen LogP contribution in [0.4, 0.5) is 0 Å². The molecule has 0 aliphatic heterocycles. The van der Waals surface area contributed by atoms with Crippen molar-refractivity contribution in [2.75, 3.05) is 27.7 Å². The minimum absolute atomic E-state index is 0.0246. The summed E-state index contributed by atoms with van der Waals surface area (Å²) < 4.78 is 0. The lowest BCUT2D eigenvalue weighted by Crippen LogP contribution is -2.37. The summed E-state index contributed by atoms with van der Waals surface area (Å²) in [7, 11) is 5.36. The second-order valence-electron chi connectivity index (χ2n) is 3.34. The average molecular weight is 214 g/mol. The second-order valence-corrected chi connectivity index (χ2v) is 3.34. The summed E-state index contributed by atoms with van der Waals surface area (Å²) in [6.07, 6.45) is 1.78. The zero-order valence-corrected chi connectivity index (χ0v) is 10.1. The van der Waals surface area contributed by atoms with Gasteiger partial charge in [0.1, 0.15) is 5.78 Å². The normalized spacial score (nSPS) is 13.5. The van der Waals surface area contributed by atoms with Gasteiger partial charge in [0.05, 0.1) is 6.04 Å². The fourth-order valence-electron chi connectivity index (χ4n) is 1.34. The van der Waals surface area contributed by atoms with Crippen LogP contribution in [0, 0.1) is 0 Å². The second kappa shape index (κ2) is 8.23. The van der Waals surface area contributed by atoms with E-state index in [1.165, 1.54) is 0 Å². The van der Waals surface area contributed by atoms with Crippen LogP contribution in [0.15, 0.2) is 4.99 Å². The van der Waals surface area contributed by atoms with Crippen molar-refractivity contribution < 1.29 is 4.79 Å². The molecule has 0 fully saturated rings. The van der Waals surface area contributed by atoms with E-state index >= 15 is 0 Å². The van der Waals surface area contributed by atoms with Gasteiger partial charge in [0.2, 0.25) is 0 Å². The number of hydrogen-bond donors (Lipinski definition) is 3. The number of rotatable bonds is 6. The zero-order valence-electron chi connectivity index (χ0n) is 10.1. The Balaban J connectivity index is 3.65. The van der Waals surface area contributed by atoms with Crippen LogP contribution in [-0.4, -0.2) is 45.5 Å². The van der Waals surface area contributed by atoms with Crippen LogP contribution in [0.25, 0.3) is 0 Å². The molecule has 1 atom stereocenters. The van der Waals surface area contributed by atoms with Crippen molar-refractivity contribution in [2.45, 2.75) is 25.8 Å². The molecule has 0 heterocycles. The van der Waals surface area contributed by atoms with Crippen molar-refractivity contribution in [3.05, 3.63) is 0 Å². The maximum absolute atomic E-state index is 11.1. The van der Waals surface area contributed by atoms with Gasteiger partial charge in [-0.3, -0.25) is 9.79 Å². The van der Waals surface area contributed by atoms with Crippen molar-refractivity contribution in [3.8, 4) is 0 Å². The monoisotopic (exact) mass is 214 g/mol. The molecule has 0 aromatic heterocycles. The van der Waals surface area contributed by atoms with Crippen molar-refractivity contribution >= 4 is 11.7 Å². The van der Waals surface area contributed by atoms with Crippen LogP contribution in [0.5, 0.6) is 0 Å². The predicted octanol–water partition coefficient (Wildman–Crippen LogP) is -0.262. The van der Waals surface area contributed by atoms with Gasteiger partial charge < -0.3 is 16.0 Å². The van der Waals surface area contributed by atoms with Crippen molar-refractivity contribution in [2.24, 2.45) is 4.99 Å². The average Bonchev–Trinajstić information content (AvgIpc) is 2.23. The van der Waals surface area contributed by atoms with Gasteiger partial charge in [0.15, 0.2) is 5.96 Å². The molecule has 0 bridgehead atoms. The van der Waals surface area contributed by atoms with Crippen molar-refractivity contribution in [3.63, 3.8) is 0 Å². The van der Waals surface area contributed by atoms with Crippen LogP contribution >= 0.6 is 0 Å². The van der Waals surface area contributed by atoms with Crippen LogP contribution in [0.2, 0.25) is 0 Å². The molecule has 0 amide bonds. The standard InChI is InChI=1S/C10H22N4O/c1-8(15)9(11-2)6-5-7-14-10(12-3)13-4/h9,11H,5-7H2,1-4H3,(H2,12,13,14). The topological polar surface area (TPSA) is 65.5 Å². The number of hydrogen-bond acceptors (Lipinski definition) is 3. The molecule has 0 radical (unpaired) electrons. The highest BCUT2D eigenvalue weighted by Gasteiger charge is 2.10. The summed E-state index contributed by atoms with van der Waals surface area (Å²) in [4.78, 5) is 15.1. The number of nitrogens with zero attached hydrogens (tertiary/aromatic N) is 1. The first-order valence-corrected chi connectivity index (χ1v) is 5.21. The van der Waals surface area contributed by atoms with E-state index in [9.17, 15) is 4.79 Å². The number of Topliss-reactive ketones (excluding diaryl/α,β-unsaturated/α-hetero) is 1. The fraction of sp³-hybridized carbons (Fsp3) is 0.800. The molecule has 3 N–H and O–H groups in total. The van der Waals surface area contributed by atoms with Crippen molar-refractivity contribution in [1.29, 1.82) is 0 Å². The highest BCUT2D eigenvalue weighted by molar-refractivity contribution is 5.81. The summed E-state index contributed by atoms with van der Waals surface area (Å²) in [6, 6.07) is -0.0246. The first-order valence-electron chi connectivity index (χ1n) is 5.21. The highest BCUT2D eigenvalue weighted by Crippen LogP contribution is 1.96. The van der Waals surface area contributed by atoms with E-state index in [4.69, 9.17) is 0 Å². The molecule has 1 unspecified atom stereocenters. The number of nitrogens with one attached hydrogen (secondary N) is 3. The van der Waals surface area contributed by atoms with Gasteiger partial charge in [-0.2, -0.15) is 0 Å². The van der Waals surface area contributed by atoms with E-state index in [0.29, 0.717) is 0 Å². The fourth-order valence-corrected chi connectivity index (χ4v) is 1.34. The van der Waals surface area contributed by atoms with Gasteiger partial charge in [-0.15, -0.1) is 0 Å². The lowest BCUT2D eigenvalue weighted by Gasteiger charge is -2.13. The van der Waals surface area contributed by atoms with E-state index in [0.717, 1.165) is 25.3 Å². The maximum Gasteiger partial charge on any atom is 0.190 e. The molecule has 0 aliphatic carbocycles. The molecule has 0 rings (SSSR count).